The maximum absolute atomic E-state index is 12.5. The molecule has 1 saturated heterocycles. The Kier molecular flexibility index (Phi) is 7.11. The second-order valence-corrected chi connectivity index (χ2v) is 10.3. The molecule has 3 heterocycles. The van der Waals surface area contributed by atoms with Gasteiger partial charge in [0.1, 0.15) is 30.4 Å². The van der Waals surface area contributed by atoms with Crippen molar-refractivity contribution < 1.29 is 24.5 Å². The summed E-state index contributed by atoms with van der Waals surface area (Å²) in [6, 6.07) is 18.1. The topological polar surface area (TPSA) is 148 Å². The third kappa shape index (κ3) is 4.77. The lowest BCUT2D eigenvalue weighted by Gasteiger charge is -2.23. The number of carbonyl (C=O) groups is 1. The van der Waals surface area contributed by atoms with Crippen LogP contribution in [0.4, 0.5) is 10.5 Å². The van der Waals surface area contributed by atoms with E-state index in [1.807, 2.05) is 36.2 Å². The number of aliphatic hydroxyl groups excluding tert-OH is 2. The quantitative estimate of drug-likeness (QED) is 0.262. The molecular formula is C29H32N6O5. The minimum atomic E-state index is -1.17. The van der Waals surface area contributed by atoms with Crippen molar-refractivity contribution in [2.75, 3.05) is 39.0 Å². The molecule has 1 amide bonds. The molecule has 1 aliphatic heterocycles. The van der Waals surface area contributed by atoms with Crippen LogP contribution in [-0.4, -0.2) is 87.3 Å². The number of aromatic nitrogens is 3. The largest absolute Gasteiger partial charge is 0.449 e. The smallest absolute Gasteiger partial charge is 0.407 e. The highest BCUT2D eigenvalue weighted by Crippen LogP contribution is 2.44. The van der Waals surface area contributed by atoms with E-state index in [0.29, 0.717) is 36.5 Å². The number of anilines is 1. The van der Waals surface area contributed by atoms with Crippen molar-refractivity contribution in [3.05, 3.63) is 78.2 Å². The predicted octanol–water partition coefficient (Wildman–Crippen LogP) is 2.10. The van der Waals surface area contributed by atoms with Crippen LogP contribution in [-0.2, 0) is 9.47 Å². The minimum absolute atomic E-state index is 0.000424. The van der Waals surface area contributed by atoms with Crippen LogP contribution in [0.2, 0.25) is 0 Å². The van der Waals surface area contributed by atoms with E-state index >= 15 is 0 Å². The Labute approximate surface area is 231 Å². The number of aliphatic hydroxyl groups is 2. The molecule has 2 aliphatic rings. The molecule has 11 heteroatoms. The van der Waals surface area contributed by atoms with Gasteiger partial charge >= 0.3 is 6.09 Å². The fourth-order valence-electron chi connectivity index (χ4n) is 5.65. The van der Waals surface area contributed by atoms with Gasteiger partial charge in [-0.25, -0.2) is 14.8 Å². The van der Waals surface area contributed by atoms with Crippen molar-refractivity contribution in [3.63, 3.8) is 0 Å². The number of ether oxygens (including phenoxy) is 2. The molecule has 1 fully saturated rings. The number of imidazole rings is 1. The van der Waals surface area contributed by atoms with Crippen molar-refractivity contribution in [2.45, 2.75) is 30.5 Å². The summed E-state index contributed by atoms with van der Waals surface area (Å²) >= 11 is 0. The number of nitrogens with zero attached hydrogens (tertiary/aromatic N) is 4. The van der Waals surface area contributed by atoms with Gasteiger partial charge in [-0.3, -0.25) is 4.57 Å². The Balaban J connectivity index is 0.989. The van der Waals surface area contributed by atoms with Gasteiger partial charge in [0.2, 0.25) is 0 Å². The molecule has 5 N–H and O–H groups in total. The zero-order valence-corrected chi connectivity index (χ0v) is 22.1. The zero-order valence-electron chi connectivity index (χ0n) is 22.1. The predicted molar refractivity (Wildman–Crippen MR) is 148 cm³/mol. The Morgan fingerprint density at radius 2 is 1.77 bits per heavy atom. The summed E-state index contributed by atoms with van der Waals surface area (Å²) in [5.41, 5.74) is 12.1. The number of nitrogens with two attached hydrogens (primary N) is 1. The lowest BCUT2D eigenvalue weighted by Crippen LogP contribution is -2.41. The van der Waals surface area contributed by atoms with E-state index < -0.39 is 30.6 Å². The molecule has 4 atom stereocenters. The molecule has 4 aromatic rings. The summed E-state index contributed by atoms with van der Waals surface area (Å²) in [7, 11) is 1.85. The molecule has 208 valence electrons. The van der Waals surface area contributed by atoms with Gasteiger partial charge in [-0.05, 0) is 35.4 Å². The number of benzene rings is 2. The monoisotopic (exact) mass is 544 g/mol. The second-order valence-electron chi connectivity index (χ2n) is 10.3. The van der Waals surface area contributed by atoms with E-state index in [-0.39, 0.29) is 12.5 Å². The van der Waals surface area contributed by atoms with E-state index in [2.05, 4.69) is 39.6 Å². The second kappa shape index (κ2) is 10.9. The normalized spacial score (nSPS) is 22.0. The first-order valence-corrected chi connectivity index (χ1v) is 13.3. The van der Waals surface area contributed by atoms with Gasteiger partial charge in [0.05, 0.1) is 12.0 Å². The van der Waals surface area contributed by atoms with Gasteiger partial charge in [-0.1, -0.05) is 48.5 Å². The summed E-state index contributed by atoms with van der Waals surface area (Å²) < 4.78 is 13.2. The number of alkyl carbamates (subject to hydrolysis) is 1. The third-order valence-corrected chi connectivity index (χ3v) is 7.70. The van der Waals surface area contributed by atoms with Gasteiger partial charge in [-0.2, -0.15) is 0 Å². The molecular weight excluding hydrogens is 512 g/mol. The van der Waals surface area contributed by atoms with Gasteiger partial charge in [0.15, 0.2) is 11.9 Å². The summed E-state index contributed by atoms with van der Waals surface area (Å²) in [5, 5.41) is 24.1. The van der Waals surface area contributed by atoms with E-state index in [0.717, 1.165) is 11.1 Å². The van der Waals surface area contributed by atoms with Crippen LogP contribution in [0.25, 0.3) is 22.3 Å². The van der Waals surface area contributed by atoms with Crippen molar-refractivity contribution in [2.24, 2.45) is 0 Å². The zero-order chi connectivity index (χ0) is 27.8. The number of nitrogens with one attached hydrogen (secondary N) is 1. The highest BCUT2D eigenvalue weighted by molar-refractivity contribution is 5.83. The molecule has 2 aromatic heterocycles. The Morgan fingerprint density at radius 3 is 2.50 bits per heavy atom. The number of fused-ring (bicyclic) bond motifs is 4. The number of nitrogen functional groups attached to an aromatic ring is 1. The minimum Gasteiger partial charge on any atom is -0.449 e. The highest BCUT2D eigenvalue weighted by Gasteiger charge is 2.44. The van der Waals surface area contributed by atoms with E-state index in [4.69, 9.17) is 15.2 Å². The number of amides is 1. The summed E-state index contributed by atoms with van der Waals surface area (Å²) in [4.78, 5) is 23.0. The molecule has 2 aromatic carbocycles. The Bertz CT molecular complexity index is 1480. The van der Waals surface area contributed by atoms with E-state index in [1.165, 1.54) is 17.5 Å². The van der Waals surface area contributed by atoms with Crippen molar-refractivity contribution in [3.8, 4) is 11.1 Å². The molecule has 6 rings (SSSR count). The number of hydrogen-bond donors (Lipinski definition) is 4. The number of likely N-dealkylation sites (N-methyl/N-ethyl adjacent to an activating group) is 1. The number of rotatable bonds is 8. The molecule has 0 saturated carbocycles. The average Bonchev–Trinajstić information content (AvgIpc) is 3.61. The Hall–Kier alpha value is -4.03. The summed E-state index contributed by atoms with van der Waals surface area (Å²) in [5.74, 6) is 0.000424. The standard InChI is InChI=1S/C29H32N6O5/c1-34(14-23-25(36)26(37)28(40-23)35-16-33-24-22(30)10-11-31-27(24)35)13-12-32-29(38)39-15-21-19-8-4-2-6-17(19)18-7-3-5-9-20(18)21/h2-11,16,21,23,25-26,28,36-37H,12-15H2,1H3,(H2,30,31)(H,32,38)/t23-,25-,26-,28-/m1/s1. The SMILES string of the molecule is CN(CCNC(=O)OCC1c2ccccc2-c2ccccc21)C[C@H]1O[C@@H](n2cnc3c(N)ccnc32)[C@H](O)[C@@H]1O. The van der Waals surface area contributed by atoms with E-state index in [1.54, 1.807) is 16.8 Å². The highest BCUT2D eigenvalue weighted by atomic mass is 16.6. The molecule has 11 nitrogen and oxygen atoms in total. The molecule has 0 radical (unpaired) electrons. The summed E-state index contributed by atoms with van der Waals surface area (Å²) in [6.45, 7) is 1.42. The van der Waals surface area contributed by atoms with Crippen LogP contribution in [0.1, 0.15) is 23.3 Å². The molecule has 40 heavy (non-hydrogen) atoms. The fraction of sp³-hybridized carbons (Fsp3) is 0.345. The van der Waals surface area contributed by atoms with Crippen LogP contribution < -0.4 is 11.1 Å². The first-order valence-electron chi connectivity index (χ1n) is 13.3. The van der Waals surface area contributed by atoms with Crippen LogP contribution in [0.5, 0.6) is 0 Å². The van der Waals surface area contributed by atoms with Crippen molar-refractivity contribution >= 4 is 22.9 Å². The van der Waals surface area contributed by atoms with Crippen LogP contribution in [0.15, 0.2) is 67.1 Å². The lowest BCUT2D eigenvalue weighted by molar-refractivity contribution is -0.0420. The van der Waals surface area contributed by atoms with Gasteiger partial charge in [-0.15, -0.1) is 0 Å². The molecule has 0 spiro atoms. The third-order valence-electron chi connectivity index (χ3n) is 7.70. The van der Waals surface area contributed by atoms with Crippen molar-refractivity contribution in [1.82, 2.24) is 24.8 Å². The van der Waals surface area contributed by atoms with Crippen LogP contribution >= 0.6 is 0 Å². The van der Waals surface area contributed by atoms with Crippen molar-refractivity contribution in [1.29, 1.82) is 0 Å². The number of carbonyl (C=O) groups excluding carboxylic acids is 1. The maximum Gasteiger partial charge on any atom is 0.407 e. The average molecular weight is 545 g/mol. The van der Waals surface area contributed by atoms with Gasteiger partial charge < -0.3 is 35.6 Å². The fourth-order valence-corrected chi connectivity index (χ4v) is 5.65. The Morgan fingerprint density at radius 1 is 1.07 bits per heavy atom. The maximum atomic E-state index is 12.5. The lowest BCUT2D eigenvalue weighted by atomic mass is 9.98. The van der Waals surface area contributed by atoms with Crippen LogP contribution in [0.3, 0.4) is 0 Å². The summed E-state index contributed by atoms with van der Waals surface area (Å²) in [6.07, 6.45) is -1.22. The number of pyridine rings is 1. The molecule has 0 unspecified atom stereocenters. The first-order chi connectivity index (χ1) is 19.4. The first kappa shape index (κ1) is 26.2. The molecule has 0 bridgehead atoms. The van der Waals surface area contributed by atoms with Gasteiger partial charge in [0.25, 0.3) is 0 Å². The molecule has 1 aliphatic carbocycles. The van der Waals surface area contributed by atoms with E-state index in [9.17, 15) is 15.0 Å². The number of hydrogen-bond acceptors (Lipinski definition) is 9. The van der Waals surface area contributed by atoms with Crippen LogP contribution in [0, 0.1) is 0 Å². The van der Waals surface area contributed by atoms with Gasteiger partial charge in [0, 0.05) is 31.7 Å².